The lowest BCUT2D eigenvalue weighted by Gasteiger charge is -2.35. The first kappa shape index (κ1) is 28.7. The number of anilines is 1. The molecule has 0 saturated heterocycles. The van der Waals surface area contributed by atoms with E-state index in [0.29, 0.717) is 30.8 Å². The molecule has 6 nitrogen and oxygen atoms in total. The van der Waals surface area contributed by atoms with E-state index in [1.165, 1.54) is 6.42 Å². The van der Waals surface area contributed by atoms with Crippen LogP contribution in [-0.4, -0.2) is 49.4 Å². The van der Waals surface area contributed by atoms with E-state index < -0.39 is 0 Å². The third-order valence-corrected chi connectivity index (χ3v) is 5.92. The van der Waals surface area contributed by atoms with E-state index in [4.69, 9.17) is 5.73 Å². The maximum atomic E-state index is 12.5. The summed E-state index contributed by atoms with van der Waals surface area (Å²) in [5.74, 6) is -0.0851. The Labute approximate surface area is 193 Å². The van der Waals surface area contributed by atoms with Gasteiger partial charge >= 0.3 is 0 Å². The van der Waals surface area contributed by atoms with E-state index in [0.717, 1.165) is 45.3 Å². The van der Waals surface area contributed by atoms with E-state index in [1.807, 2.05) is 0 Å². The molecule has 2 rings (SSSR count). The lowest BCUT2D eigenvalue weighted by molar-refractivity contribution is -0.118. The summed E-state index contributed by atoms with van der Waals surface area (Å²) in [6.07, 6.45) is 6.08. The third kappa shape index (κ3) is 8.80. The number of hydrogen-bond donors (Lipinski definition) is 3. The molecule has 0 spiro atoms. The minimum absolute atomic E-state index is 0. The zero-order valence-corrected chi connectivity index (χ0v) is 19.9. The lowest BCUT2D eigenvalue weighted by Crippen LogP contribution is -2.36. The van der Waals surface area contributed by atoms with Gasteiger partial charge in [0.1, 0.15) is 0 Å². The fourth-order valence-corrected chi connectivity index (χ4v) is 3.98. The molecule has 30 heavy (non-hydrogen) atoms. The van der Waals surface area contributed by atoms with Crippen molar-refractivity contribution < 1.29 is 9.59 Å². The van der Waals surface area contributed by atoms with E-state index >= 15 is 0 Å². The average Bonchev–Trinajstić information content (AvgIpc) is 2.72. The monoisotopic (exact) mass is 460 g/mol. The first-order valence-electron chi connectivity index (χ1n) is 10.6. The first-order chi connectivity index (χ1) is 13.5. The molecule has 1 fully saturated rings. The van der Waals surface area contributed by atoms with Crippen LogP contribution in [0.3, 0.4) is 0 Å². The van der Waals surface area contributed by atoms with Crippen LogP contribution in [0.15, 0.2) is 24.3 Å². The van der Waals surface area contributed by atoms with Gasteiger partial charge in [-0.05, 0) is 62.2 Å². The van der Waals surface area contributed by atoms with Crippen molar-refractivity contribution in [1.29, 1.82) is 0 Å². The molecule has 0 aromatic heterocycles. The molecular formula is C22H38Cl2N4O2. The van der Waals surface area contributed by atoms with Crippen molar-refractivity contribution in [2.45, 2.75) is 52.4 Å². The zero-order valence-electron chi connectivity index (χ0n) is 18.2. The van der Waals surface area contributed by atoms with Crippen LogP contribution >= 0.6 is 24.8 Å². The fourth-order valence-electron chi connectivity index (χ4n) is 3.98. The van der Waals surface area contributed by atoms with Crippen molar-refractivity contribution in [3.63, 3.8) is 0 Å². The Hall–Kier alpha value is -1.34. The van der Waals surface area contributed by atoms with E-state index in [1.54, 1.807) is 24.3 Å². The molecule has 8 heteroatoms. The Bertz CT molecular complexity index is 631. The van der Waals surface area contributed by atoms with Crippen LogP contribution in [0.2, 0.25) is 0 Å². The number of carbonyl (C=O) groups is 2. The Morgan fingerprint density at radius 3 is 2.17 bits per heavy atom. The van der Waals surface area contributed by atoms with Crippen molar-refractivity contribution in [3.8, 4) is 0 Å². The topological polar surface area (TPSA) is 87.5 Å². The molecule has 1 saturated carbocycles. The molecule has 1 aliphatic carbocycles. The summed E-state index contributed by atoms with van der Waals surface area (Å²) in [6, 6.07) is 7.07. The van der Waals surface area contributed by atoms with Crippen molar-refractivity contribution in [2.75, 3.05) is 38.0 Å². The normalized spacial score (nSPS) is 14.9. The Kier molecular flexibility index (Phi) is 14.0. The number of nitrogens with one attached hydrogen (secondary N) is 2. The van der Waals surface area contributed by atoms with E-state index in [-0.39, 0.29) is 42.0 Å². The molecule has 4 N–H and O–H groups in total. The minimum Gasteiger partial charge on any atom is -0.351 e. The quantitative estimate of drug-likeness (QED) is 0.494. The molecule has 0 aliphatic heterocycles. The van der Waals surface area contributed by atoms with Crippen LogP contribution in [0.25, 0.3) is 0 Å². The second-order valence-electron chi connectivity index (χ2n) is 7.85. The number of halogens is 2. The smallest absolute Gasteiger partial charge is 0.251 e. The van der Waals surface area contributed by atoms with Gasteiger partial charge < -0.3 is 21.3 Å². The second kappa shape index (κ2) is 14.6. The largest absolute Gasteiger partial charge is 0.351 e. The van der Waals surface area contributed by atoms with Crippen molar-refractivity contribution in [3.05, 3.63) is 29.8 Å². The molecule has 0 heterocycles. The van der Waals surface area contributed by atoms with Crippen molar-refractivity contribution in [1.82, 2.24) is 10.2 Å². The summed E-state index contributed by atoms with van der Waals surface area (Å²) in [7, 11) is 0. The maximum Gasteiger partial charge on any atom is 0.251 e. The molecule has 2 amide bonds. The lowest BCUT2D eigenvalue weighted by atomic mass is 9.71. The average molecular weight is 461 g/mol. The molecule has 1 aromatic rings. The highest BCUT2D eigenvalue weighted by Crippen LogP contribution is 2.38. The zero-order chi connectivity index (χ0) is 20.4. The molecule has 0 unspecified atom stereocenters. The van der Waals surface area contributed by atoms with Gasteiger partial charge in [0.15, 0.2) is 0 Å². The Balaban J connectivity index is 0.00000420. The van der Waals surface area contributed by atoms with Crippen molar-refractivity contribution >= 4 is 42.3 Å². The van der Waals surface area contributed by atoms with Crippen LogP contribution in [0, 0.1) is 5.41 Å². The standard InChI is InChI=1S/C22H36N4O2.2ClH/c1-3-26(4-2)15-14-24-21(28)18-8-10-19(11-9-18)25-20(27)16-22(17-23)12-6-5-7-13-22;;/h8-11H,3-7,12-17,23H2,1-2H3,(H,24,28)(H,25,27);2*1H. The summed E-state index contributed by atoms with van der Waals surface area (Å²) in [5.41, 5.74) is 7.25. The van der Waals surface area contributed by atoms with E-state index in [9.17, 15) is 9.59 Å². The number of hydrogen-bond acceptors (Lipinski definition) is 4. The van der Waals surface area contributed by atoms with Crippen LogP contribution in [0.5, 0.6) is 0 Å². The second-order valence-corrected chi connectivity index (χ2v) is 7.85. The summed E-state index contributed by atoms with van der Waals surface area (Å²) in [6.45, 7) is 8.21. The fraction of sp³-hybridized carbons (Fsp3) is 0.636. The van der Waals surface area contributed by atoms with E-state index in [2.05, 4.69) is 29.4 Å². The number of carbonyl (C=O) groups excluding carboxylic acids is 2. The maximum absolute atomic E-state index is 12.5. The molecule has 0 bridgehead atoms. The van der Waals surface area contributed by atoms with Gasteiger partial charge in [0, 0.05) is 30.8 Å². The summed E-state index contributed by atoms with van der Waals surface area (Å²) < 4.78 is 0. The molecule has 0 radical (unpaired) electrons. The van der Waals surface area contributed by atoms with Gasteiger partial charge in [-0.2, -0.15) is 0 Å². The molecular weight excluding hydrogens is 423 g/mol. The number of likely N-dealkylation sites (N-methyl/N-ethyl adjacent to an activating group) is 1. The number of nitrogens with two attached hydrogens (primary N) is 1. The summed E-state index contributed by atoms with van der Waals surface area (Å²) >= 11 is 0. The molecule has 1 aromatic carbocycles. The van der Waals surface area contributed by atoms with Crippen LogP contribution in [0.1, 0.15) is 62.7 Å². The number of rotatable bonds is 10. The van der Waals surface area contributed by atoms with Gasteiger partial charge in [-0.1, -0.05) is 33.1 Å². The highest BCUT2D eigenvalue weighted by molar-refractivity contribution is 5.95. The molecule has 1 aliphatic rings. The molecule has 172 valence electrons. The predicted octanol–water partition coefficient (Wildman–Crippen LogP) is 3.84. The van der Waals surface area contributed by atoms with Gasteiger partial charge in [-0.25, -0.2) is 0 Å². The molecule has 0 atom stereocenters. The summed E-state index contributed by atoms with van der Waals surface area (Å²) in [5, 5.41) is 5.90. The van der Waals surface area contributed by atoms with Crippen LogP contribution in [0.4, 0.5) is 5.69 Å². The van der Waals surface area contributed by atoms with Gasteiger partial charge in [-0.15, -0.1) is 24.8 Å². The van der Waals surface area contributed by atoms with Gasteiger partial charge in [0.05, 0.1) is 0 Å². The highest BCUT2D eigenvalue weighted by atomic mass is 35.5. The minimum atomic E-state index is -0.0886. The van der Waals surface area contributed by atoms with Gasteiger partial charge in [0.25, 0.3) is 5.91 Å². The first-order valence-corrected chi connectivity index (χ1v) is 10.6. The van der Waals surface area contributed by atoms with Gasteiger partial charge in [-0.3, -0.25) is 9.59 Å². The summed E-state index contributed by atoms with van der Waals surface area (Å²) in [4.78, 5) is 27.0. The van der Waals surface area contributed by atoms with Crippen molar-refractivity contribution in [2.24, 2.45) is 11.1 Å². The third-order valence-electron chi connectivity index (χ3n) is 5.92. The SMILES string of the molecule is CCN(CC)CCNC(=O)c1ccc(NC(=O)CC2(CN)CCCCC2)cc1.Cl.Cl. The number of benzene rings is 1. The Morgan fingerprint density at radius 2 is 1.63 bits per heavy atom. The Morgan fingerprint density at radius 1 is 1.03 bits per heavy atom. The number of amides is 2. The number of nitrogens with zero attached hydrogens (tertiary/aromatic N) is 1. The highest BCUT2D eigenvalue weighted by Gasteiger charge is 2.32. The van der Waals surface area contributed by atoms with Crippen LogP contribution in [-0.2, 0) is 4.79 Å². The van der Waals surface area contributed by atoms with Crippen LogP contribution < -0.4 is 16.4 Å². The predicted molar refractivity (Wildman–Crippen MR) is 129 cm³/mol. The van der Waals surface area contributed by atoms with Gasteiger partial charge in [0.2, 0.25) is 5.91 Å².